The molecule has 1 aromatic rings. The standard InChI is InChI=1S/C7H7N.2C4H6O2/c1-2-7-5-3-4-6-8-7;1-3-4(5)6-2;1-3(2)4(5)6/h2-6H,1H2;3H,1H2,2H3;1H2,2H3,(H,5,6). The van der Waals surface area contributed by atoms with Crippen LogP contribution in [-0.2, 0) is 14.3 Å². The van der Waals surface area contributed by atoms with E-state index >= 15 is 0 Å². The number of carbonyl (C=O) groups excluding carboxylic acids is 1. The van der Waals surface area contributed by atoms with E-state index in [4.69, 9.17) is 5.11 Å². The highest BCUT2D eigenvalue weighted by Gasteiger charge is 1.90. The van der Waals surface area contributed by atoms with Crippen LogP contribution in [0, 0.1) is 0 Å². The number of pyridine rings is 1. The second-order valence-electron chi connectivity index (χ2n) is 3.27. The summed E-state index contributed by atoms with van der Waals surface area (Å²) in [6.07, 6.45) is 4.58. The molecule has 108 valence electrons. The molecule has 0 atom stereocenters. The first-order valence-electron chi connectivity index (χ1n) is 5.51. The number of ether oxygens (including phenoxy) is 1. The molecule has 0 saturated heterocycles. The van der Waals surface area contributed by atoms with Gasteiger partial charge in [0.05, 0.1) is 12.8 Å². The number of aromatic nitrogens is 1. The highest BCUT2D eigenvalue weighted by Crippen LogP contribution is 1.91. The zero-order valence-corrected chi connectivity index (χ0v) is 11.7. The topological polar surface area (TPSA) is 76.5 Å². The third-order valence-electron chi connectivity index (χ3n) is 1.63. The van der Waals surface area contributed by atoms with Crippen LogP contribution >= 0.6 is 0 Å². The Labute approximate surface area is 118 Å². The van der Waals surface area contributed by atoms with E-state index in [-0.39, 0.29) is 5.57 Å². The van der Waals surface area contributed by atoms with Crippen LogP contribution in [0.3, 0.4) is 0 Å². The van der Waals surface area contributed by atoms with Crippen molar-refractivity contribution in [1.82, 2.24) is 4.98 Å². The van der Waals surface area contributed by atoms with E-state index in [9.17, 15) is 9.59 Å². The highest BCUT2D eigenvalue weighted by molar-refractivity contribution is 5.84. The predicted octanol–water partition coefficient (Wildman–Crippen LogP) is 2.72. The third-order valence-corrected chi connectivity index (χ3v) is 1.63. The number of esters is 1. The Morgan fingerprint density at radius 2 is 1.90 bits per heavy atom. The molecular weight excluding hydrogens is 258 g/mol. The number of rotatable bonds is 3. The summed E-state index contributed by atoms with van der Waals surface area (Å²) in [6.45, 7) is 11.3. The molecule has 0 unspecified atom stereocenters. The van der Waals surface area contributed by atoms with Crippen molar-refractivity contribution in [2.24, 2.45) is 0 Å². The Morgan fingerprint density at radius 1 is 1.35 bits per heavy atom. The maximum atomic E-state index is 9.84. The minimum atomic E-state index is -0.935. The number of aliphatic carboxylic acids is 1. The summed E-state index contributed by atoms with van der Waals surface area (Å²) in [7, 11) is 1.31. The Balaban J connectivity index is 0. The fourth-order valence-corrected chi connectivity index (χ4v) is 0.580. The number of methoxy groups -OCH3 is 1. The van der Waals surface area contributed by atoms with Gasteiger partial charge in [0.25, 0.3) is 0 Å². The van der Waals surface area contributed by atoms with Gasteiger partial charge in [0.1, 0.15) is 0 Å². The lowest BCUT2D eigenvalue weighted by atomic mass is 10.4. The van der Waals surface area contributed by atoms with Crippen LogP contribution in [0.4, 0.5) is 0 Å². The number of carbonyl (C=O) groups is 2. The van der Waals surface area contributed by atoms with Crippen LogP contribution < -0.4 is 0 Å². The van der Waals surface area contributed by atoms with Gasteiger partial charge in [-0.3, -0.25) is 4.98 Å². The Bertz CT molecular complexity index is 437. The van der Waals surface area contributed by atoms with E-state index in [1.54, 1.807) is 12.3 Å². The van der Waals surface area contributed by atoms with Gasteiger partial charge < -0.3 is 9.84 Å². The van der Waals surface area contributed by atoms with Crippen molar-refractivity contribution >= 4 is 18.0 Å². The maximum Gasteiger partial charge on any atom is 0.330 e. The number of carboxylic acid groups (broad SMARTS) is 1. The third kappa shape index (κ3) is 13.4. The van der Waals surface area contributed by atoms with Crippen LogP contribution in [0.1, 0.15) is 12.6 Å². The molecule has 0 bridgehead atoms. The first kappa shape index (κ1) is 19.6. The zero-order valence-electron chi connectivity index (χ0n) is 11.7. The Morgan fingerprint density at radius 3 is 2.05 bits per heavy atom. The van der Waals surface area contributed by atoms with Gasteiger partial charge in [0, 0.05) is 17.8 Å². The molecule has 0 spiro atoms. The summed E-state index contributed by atoms with van der Waals surface area (Å²) < 4.78 is 4.14. The van der Waals surface area contributed by atoms with Crippen molar-refractivity contribution in [1.29, 1.82) is 0 Å². The molecule has 0 amide bonds. The fraction of sp³-hybridized carbons (Fsp3) is 0.133. The van der Waals surface area contributed by atoms with Gasteiger partial charge in [0.2, 0.25) is 0 Å². The molecule has 1 heterocycles. The second kappa shape index (κ2) is 12.8. The van der Waals surface area contributed by atoms with Gasteiger partial charge in [-0.2, -0.15) is 0 Å². The average molecular weight is 277 g/mol. The highest BCUT2D eigenvalue weighted by atomic mass is 16.5. The Hall–Kier alpha value is -2.69. The number of hydrogen-bond acceptors (Lipinski definition) is 4. The lowest BCUT2D eigenvalue weighted by molar-refractivity contribution is -0.135. The van der Waals surface area contributed by atoms with Crippen molar-refractivity contribution in [2.75, 3.05) is 7.11 Å². The molecular formula is C15H19NO4. The first-order valence-corrected chi connectivity index (χ1v) is 5.51. The van der Waals surface area contributed by atoms with E-state index in [1.165, 1.54) is 14.0 Å². The quantitative estimate of drug-likeness (QED) is 0.679. The average Bonchev–Trinajstić information content (AvgIpc) is 2.48. The van der Waals surface area contributed by atoms with Crippen LogP contribution in [0.25, 0.3) is 6.08 Å². The summed E-state index contributed by atoms with van der Waals surface area (Å²) in [5.74, 6) is -1.33. The number of hydrogen-bond donors (Lipinski definition) is 1. The molecule has 1 aromatic heterocycles. The minimum absolute atomic E-state index is 0.176. The summed E-state index contributed by atoms with van der Waals surface area (Å²) >= 11 is 0. The van der Waals surface area contributed by atoms with Crippen LogP contribution in [0.5, 0.6) is 0 Å². The molecule has 0 radical (unpaired) electrons. The van der Waals surface area contributed by atoms with Gasteiger partial charge in [-0.25, -0.2) is 9.59 Å². The van der Waals surface area contributed by atoms with Crippen LogP contribution in [0.15, 0.2) is 55.8 Å². The molecule has 0 aliphatic carbocycles. The molecule has 0 aromatic carbocycles. The monoisotopic (exact) mass is 277 g/mol. The molecule has 0 aliphatic rings. The second-order valence-corrected chi connectivity index (χ2v) is 3.27. The van der Waals surface area contributed by atoms with Crippen LogP contribution in [-0.4, -0.2) is 29.1 Å². The summed E-state index contributed by atoms with van der Waals surface area (Å²) in [4.78, 5) is 23.4. The summed E-state index contributed by atoms with van der Waals surface area (Å²) in [5.41, 5.74) is 1.10. The van der Waals surface area contributed by atoms with Crippen LogP contribution in [0.2, 0.25) is 0 Å². The van der Waals surface area contributed by atoms with Crippen molar-refractivity contribution in [3.05, 3.63) is 61.5 Å². The van der Waals surface area contributed by atoms with Gasteiger partial charge >= 0.3 is 11.9 Å². The molecule has 0 aliphatic heterocycles. The molecule has 1 rings (SSSR count). The largest absolute Gasteiger partial charge is 0.478 e. The van der Waals surface area contributed by atoms with E-state index in [0.717, 1.165) is 11.8 Å². The van der Waals surface area contributed by atoms with Gasteiger partial charge in [-0.05, 0) is 25.1 Å². The van der Waals surface area contributed by atoms with E-state index in [0.29, 0.717) is 0 Å². The van der Waals surface area contributed by atoms with E-state index < -0.39 is 11.9 Å². The minimum Gasteiger partial charge on any atom is -0.478 e. The zero-order chi connectivity index (χ0) is 16.0. The first-order chi connectivity index (χ1) is 9.38. The lowest BCUT2D eigenvalue weighted by Gasteiger charge is -1.84. The predicted molar refractivity (Wildman–Crippen MR) is 79.0 cm³/mol. The SMILES string of the molecule is C=C(C)C(=O)O.C=CC(=O)OC.C=Cc1ccccn1. The lowest BCUT2D eigenvalue weighted by Crippen LogP contribution is -1.92. The maximum absolute atomic E-state index is 9.84. The molecule has 20 heavy (non-hydrogen) atoms. The number of nitrogens with zero attached hydrogens (tertiary/aromatic N) is 1. The van der Waals surface area contributed by atoms with Gasteiger partial charge in [0.15, 0.2) is 0 Å². The molecule has 5 nitrogen and oxygen atoms in total. The van der Waals surface area contributed by atoms with E-state index in [2.05, 4.69) is 29.5 Å². The van der Waals surface area contributed by atoms with E-state index in [1.807, 2.05) is 18.2 Å². The summed E-state index contributed by atoms with van der Waals surface area (Å²) in [5, 5.41) is 7.89. The molecule has 0 fully saturated rings. The number of carboxylic acids is 1. The summed E-state index contributed by atoms with van der Waals surface area (Å²) in [6, 6.07) is 5.73. The van der Waals surface area contributed by atoms with Crippen molar-refractivity contribution in [3.8, 4) is 0 Å². The fourth-order valence-electron chi connectivity index (χ4n) is 0.580. The Kier molecular flexibility index (Phi) is 12.5. The molecule has 1 N–H and O–H groups in total. The van der Waals surface area contributed by atoms with Gasteiger partial charge in [-0.1, -0.05) is 25.8 Å². The van der Waals surface area contributed by atoms with Crippen molar-refractivity contribution in [3.63, 3.8) is 0 Å². The molecule has 5 heteroatoms. The van der Waals surface area contributed by atoms with Crippen molar-refractivity contribution < 1.29 is 19.4 Å². The van der Waals surface area contributed by atoms with Gasteiger partial charge in [-0.15, -0.1) is 0 Å². The molecule has 0 saturated carbocycles. The normalized spacial score (nSPS) is 7.70. The smallest absolute Gasteiger partial charge is 0.330 e. The van der Waals surface area contributed by atoms with Crippen molar-refractivity contribution in [2.45, 2.75) is 6.92 Å².